The standard InChI is InChI=1S/C23H24N2O4S/c1-17-15-19(23(26)24-18(2)16-29-20-9-5-3-6-10-20)13-14-22(17)25-30(27,28)21-11-7-4-8-12-21/h3-15,18,25H,16H2,1-2H3,(H,24,26)/t18-/m1/s1. The van der Waals surface area contributed by atoms with E-state index < -0.39 is 10.0 Å². The van der Waals surface area contributed by atoms with Crippen LogP contribution in [0.2, 0.25) is 0 Å². The van der Waals surface area contributed by atoms with Crippen LogP contribution in [0.5, 0.6) is 5.75 Å². The van der Waals surface area contributed by atoms with Crippen LogP contribution in [-0.2, 0) is 10.0 Å². The molecular formula is C23H24N2O4S. The number of carbonyl (C=O) groups excluding carboxylic acids is 1. The van der Waals surface area contributed by atoms with Gasteiger partial charge in [-0.1, -0.05) is 36.4 Å². The van der Waals surface area contributed by atoms with Gasteiger partial charge in [-0.25, -0.2) is 8.42 Å². The smallest absolute Gasteiger partial charge is 0.261 e. The highest BCUT2D eigenvalue weighted by atomic mass is 32.2. The van der Waals surface area contributed by atoms with Gasteiger partial charge in [-0.15, -0.1) is 0 Å². The van der Waals surface area contributed by atoms with Gasteiger partial charge in [0.25, 0.3) is 15.9 Å². The zero-order valence-electron chi connectivity index (χ0n) is 16.8. The molecule has 1 amide bonds. The molecule has 0 saturated heterocycles. The molecule has 3 rings (SSSR count). The van der Waals surface area contributed by atoms with E-state index in [0.29, 0.717) is 23.4 Å². The first-order valence-corrected chi connectivity index (χ1v) is 11.0. The van der Waals surface area contributed by atoms with E-state index in [1.807, 2.05) is 37.3 Å². The number of para-hydroxylation sites is 1. The number of hydrogen-bond acceptors (Lipinski definition) is 4. The summed E-state index contributed by atoms with van der Waals surface area (Å²) in [4.78, 5) is 12.7. The highest BCUT2D eigenvalue weighted by Crippen LogP contribution is 2.21. The van der Waals surface area contributed by atoms with E-state index in [2.05, 4.69) is 10.0 Å². The van der Waals surface area contributed by atoms with Gasteiger partial charge in [0.2, 0.25) is 0 Å². The number of nitrogens with one attached hydrogen (secondary N) is 2. The Bertz CT molecular complexity index is 1100. The van der Waals surface area contributed by atoms with Gasteiger partial charge in [-0.05, 0) is 61.9 Å². The lowest BCUT2D eigenvalue weighted by Crippen LogP contribution is -2.36. The Labute approximate surface area is 177 Å². The molecule has 2 N–H and O–H groups in total. The highest BCUT2D eigenvalue weighted by molar-refractivity contribution is 7.92. The third-order valence-corrected chi connectivity index (χ3v) is 5.79. The van der Waals surface area contributed by atoms with Crippen molar-refractivity contribution in [2.45, 2.75) is 24.8 Å². The molecule has 0 aliphatic heterocycles. The quantitative estimate of drug-likeness (QED) is 0.573. The van der Waals surface area contributed by atoms with Crippen LogP contribution in [0.15, 0.2) is 83.8 Å². The van der Waals surface area contributed by atoms with Gasteiger partial charge in [-0.3, -0.25) is 9.52 Å². The lowest BCUT2D eigenvalue weighted by atomic mass is 10.1. The number of benzene rings is 3. The van der Waals surface area contributed by atoms with Crippen LogP contribution >= 0.6 is 0 Å². The second kappa shape index (κ2) is 9.45. The minimum Gasteiger partial charge on any atom is -0.491 e. The first kappa shape index (κ1) is 21.4. The van der Waals surface area contributed by atoms with Crippen LogP contribution < -0.4 is 14.8 Å². The summed E-state index contributed by atoms with van der Waals surface area (Å²) >= 11 is 0. The molecule has 1 atom stereocenters. The first-order chi connectivity index (χ1) is 14.3. The molecule has 0 aliphatic carbocycles. The summed E-state index contributed by atoms with van der Waals surface area (Å²) in [7, 11) is -3.69. The van der Waals surface area contributed by atoms with Crippen molar-refractivity contribution in [3.05, 3.63) is 90.0 Å². The lowest BCUT2D eigenvalue weighted by molar-refractivity contribution is 0.0926. The molecular weight excluding hydrogens is 400 g/mol. The average Bonchev–Trinajstić information content (AvgIpc) is 2.75. The molecule has 0 radical (unpaired) electrons. The number of hydrogen-bond donors (Lipinski definition) is 2. The summed E-state index contributed by atoms with van der Waals surface area (Å²) in [5.41, 5.74) is 1.52. The predicted molar refractivity (Wildman–Crippen MR) is 117 cm³/mol. The number of sulfonamides is 1. The maximum absolute atomic E-state index is 12.5. The maximum Gasteiger partial charge on any atom is 0.261 e. The maximum atomic E-state index is 12.5. The van der Waals surface area contributed by atoms with Gasteiger partial charge < -0.3 is 10.1 Å². The molecule has 30 heavy (non-hydrogen) atoms. The van der Waals surface area contributed by atoms with E-state index in [0.717, 1.165) is 5.75 Å². The van der Waals surface area contributed by atoms with Crippen molar-refractivity contribution < 1.29 is 17.9 Å². The largest absolute Gasteiger partial charge is 0.491 e. The Hall–Kier alpha value is -3.32. The Morgan fingerprint density at radius 1 is 0.967 bits per heavy atom. The van der Waals surface area contributed by atoms with E-state index in [9.17, 15) is 13.2 Å². The molecule has 0 fully saturated rings. The lowest BCUT2D eigenvalue weighted by Gasteiger charge is -2.16. The Morgan fingerprint density at radius 2 is 1.60 bits per heavy atom. The number of carbonyl (C=O) groups is 1. The third-order valence-electron chi connectivity index (χ3n) is 4.41. The Morgan fingerprint density at radius 3 is 2.23 bits per heavy atom. The minimum absolute atomic E-state index is 0.179. The molecule has 6 nitrogen and oxygen atoms in total. The van der Waals surface area contributed by atoms with Gasteiger partial charge in [-0.2, -0.15) is 0 Å². The average molecular weight is 425 g/mol. The fraction of sp³-hybridized carbons (Fsp3) is 0.174. The van der Waals surface area contributed by atoms with E-state index in [1.165, 1.54) is 12.1 Å². The molecule has 0 heterocycles. The van der Waals surface area contributed by atoms with Crippen molar-refractivity contribution in [3.63, 3.8) is 0 Å². The van der Waals surface area contributed by atoms with Crippen molar-refractivity contribution >= 4 is 21.6 Å². The SMILES string of the molecule is Cc1cc(C(=O)N[C@H](C)COc2ccccc2)ccc1NS(=O)(=O)c1ccccc1. The van der Waals surface area contributed by atoms with E-state index in [1.54, 1.807) is 43.3 Å². The molecule has 3 aromatic carbocycles. The second-order valence-corrected chi connectivity index (χ2v) is 8.63. The number of rotatable bonds is 8. The molecule has 0 spiro atoms. The van der Waals surface area contributed by atoms with Crippen LogP contribution in [0.3, 0.4) is 0 Å². The van der Waals surface area contributed by atoms with Crippen molar-refractivity contribution in [2.75, 3.05) is 11.3 Å². The fourth-order valence-corrected chi connectivity index (χ4v) is 3.96. The number of ether oxygens (including phenoxy) is 1. The molecule has 3 aromatic rings. The molecule has 0 saturated carbocycles. The predicted octanol–water partition coefficient (Wildman–Crippen LogP) is 3.99. The van der Waals surface area contributed by atoms with E-state index >= 15 is 0 Å². The van der Waals surface area contributed by atoms with Gasteiger partial charge >= 0.3 is 0 Å². The van der Waals surface area contributed by atoms with Crippen LogP contribution in [0.4, 0.5) is 5.69 Å². The Balaban J connectivity index is 1.62. The van der Waals surface area contributed by atoms with E-state index in [-0.39, 0.29) is 16.8 Å². The zero-order chi connectivity index (χ0) is 21.6. The number of aryl methyl sites for hydroxylation is 1. The molecule has 0 aromatic heterocycles. The summed E-state index contributed by atoms with van der Waals surface area (Å²) in [5.74, 6) is 0.490. The van der Waals surface area contributed by atoms with Gasteiger partial charge in [0.05, 0.1) is 16.6 Å². The molecule has 0 aliphatic rings. The summed E-state index contributed by atoms with van der Waals surface area (Å²) in [6.07, 6.45) is 0. The van der Waals surface area contributed by atoms with Crippen molar-refractivity contribution in [1.82, 2.24) is 5.32 Å². The first-order valence-electron chi connectivity index (χ1n) is 9.52. The Kier molecular flexibility index (Phi) is 6.74. The molecule has 0 bridgehead atoms. The fourth-order valence-electron chi connectivity index (χ4n) is 2.81. The molecule has 0 unspecified atom stereocenters. The highest BCUT2D eigenvalue weighted by Gasteiger charge is 2.16. The van der Waals surface area contributed by atoms with Crippen molar-refractivity contribution in [1.29, 1.82) is 0 Å². The number of anilines is 1. The van der Waals surface area contributed by atoms with Gasteiger partial charge in [0.15, 0.2) is 0 Å². The normalized spacial score (nSPS) is 12.1. The van der Waals surface area contributed by atoms with Crippen LogP contribution in [-0.4, -0.2) is 27.0 Å². The van der Waals surface area contributed by atoms with Crippen molar-refractivity contribution in [3.8, 4) is 5.75 Å². The third kappa shape index (κ3) is 5.61. The molecule has 7 heteroatoms. The van der Waals surface area contributed by atoms with Crippen molar-refractivity contribution in [2.24, 2.45) is 0 Å². The van der Waals surface area contributed by atoms with E-state index in [4.69, 9.17) is 4.74 Å². The summed E-state index contributed by atoms with van der Waals surface area (Å²) in [6, 6.07) is 22.2. The van der Waals surface area contributed by atoms with Gasteiger partial charge in [0.1, 0.15) is 12.4 Å². The summed E-state index contributed by atoms with van der Waals surface area (Å²) in [6.45, 7) is 3.95. The monoisotopic (exact) mass is 424 g/mol. The van der Waals surface area contributed by atoms with Crippen LogP contribution in [0, 0.1) is 6.92 Å². The van der Waals surface area contributed by atoms with Crippen LogP contribution in [0.1, 0.15) is 22.8 Å². The second-order valence-electron chi connectivity index (χ2n) is 6.95. The summed E-state index contributed by atoms with van der Waals surface area (Å²) < 4.78 is 33.2. The minimum atomic E-state index is -3.69. The summed E-state index contributed by atoms with van der Waals surface area (Å²) in [5, 5.41) is 2.88. The molecule has 156 valence electrons. The zero-order valence-corrected chi connectivity index (χ0v) is 17.6. The topological polar surface area (TPSA) is 84.5 Å². The van der Waals surface area contributed by atoms with Crippen LogP contribution in [0.25, 0.3) is 0 Å². The van der Waals surface area contributed by atoms with Gasteiger partial charge in [0, 0.05) is 5.56 Å². The number of amides is 1.